The first kappa shape index (κ1) is 22.9. The van der Waals surface area contributed by atoms with Crippen molar-refractivity contribution in [1.82, 2.24) is 5.32 Å². The van der Waals surface area contributed by atoms with E-state index in [9.17, 15) is 4.79 Å². The first-order valence-corrected chi connectivity index (χ1v) is 12.7. The first-order chi connectivity index (χ1) is 14.9. The number of hydrogen-bond acceptors (Lipinski definition) is 3. The molecule has 1 N–H and O–H groups in total. The number of rotatable bonds is 4. The molecular formula is C24H26Cl2IN3O. The third kappa shape index (κ3) is 5.20. The summed E-state index contributed by atoms with van der Waals surface area (Å²) in [6.07, 6.45) is 6.93. The summed E-state index contributed by atoms with van der Waals surface area (Å²) in [6, 6.07) is 13.8. The van der Waals surface area contributed by atoms with Gasteiger partial charge in [-0.2, -0.15) is 5.10 Å². The summed E-state index contributed by atoms with van der Waals surface area (Å²) in [6.45, 7) is 2.07. The summed E-state index contributed by atoms with van der Waals surface area (Å²) in [5, 5.41) is 11.0. The number of halogens is 3. The highest BCUT2D eigenvalue weighted by molar-refractivity contribution is 14.1. The summed E-state index contributed by atoms with van der Waals surface area (Å²) in [7, 11) is 0. The molecule has 164 valence electrons. The predicted octanol–water partition coefficient (Wildman–Crippen LogP) is 6.99. The SMILES string of the molecule is C[C@H]1C(C(=O)NC2CCCCCC2)=NN(c2ccc(Cl)cc2Cl)[C@@H]1c1ccc(I)cc1. The highest BCUT2D eigenvalue weighted by Gasteiger charge is 2.40. The van der Waals surface area contributed by atoms with E-state index in [1.807, 2.05) is 11.1 Å². The fourth-order valence-corrected chi connectivity index (χ4v) is 5.38. The van der Waals surface area contributed by atoms with Crippen LogP contribution < -0.4 is 10.3 Å². The molecule has 1 aliphatic carbocycles. The molecular weight excluding hydrogens is 544 g/mol. The third-order valence-electron chi connectivity index (χ3n) is 6.17. The van der Waals surface area contributed by atoms with Crippen LogP contribution in [0.3, 0.4) is 0 Å². The van der Waals surface area contributed by atoms with Crippen molar-refractivity contribution in [2.24, 2.45) is 11.0 Å². The number of hydrogen-bond donors (Lipinski definition) is 1. The molecule has 0 aromatic heterocycles. The Morgan fingerprint density at radius 2 is 1.74 bits per heavy atom. The van der Waals surface area contributed by atoms with E-state index in [0.717, 1.165) is 27.7 Å². The molecule has 4 rings (SSSR count). The quantitative estimate of drug-likeness (QED) is 0.318. The van der Waals surface area contributed by atoms with Gasteiger partial charge in [-0.3, -0.25) is 9.80 Å². The molecule has 1 heterocycles. The maximum absolute atomic E-state index is 13.3. The van der Waals surface area contributed by atoms with E-state index in [1.165, 1.54) is 25.7 Å². The molecule has 4 nitrogen and oxygen atoms in total. The maximum Gasteiger partial charge on any atom is 0.268 e. The Kier molecular flexibility index (Phi) is 7.44. The molecule has 31 heavy (non-hydrogen) atoms. The zero-order valence-electron chi connectivity index (χ0n) is 17.5. The van der Waals surface area contributed by atoms with E-state index in [4.69, 9.17) is 28.3 Å². The molecule has 0 bridgehead atoms. The maximum atomic E-state index is 13.3. The number of carbonyl (C=O) groups is 1. The fourth-order valence-electron chi connectivity index (χ4n) is 4.53. The highest BCUT2D eigenvalue weighted by atomic mass is 127. The second-order valence-electron chi connectivity index (χ2n) is 8.37. The topological polar surface area (TPSA) is 44.7 Å². The lowest BCUT2D eigenvalue weighted by Crippen LogP contribution is -2.40. The molecule has 0 radical (unpaired) electrons. The minimum absolute atomic E-state index is 0.0671. The Labute approximate surface area is 207 Å². The van der Waals surface area contributed by atoms with Crippen LogP contribution in [-0.2, 0) is 4.79 Å². The van der Waals surface area contributed by atoms with Crippen molar-refractivity contribution in [3.8, 4) is 0 Å². The van der Waals surface area contributed by atoms with Crippen LogP contribution in [-0.4, -0.2) is 17.7 Å². The van der Waals surface area contributed by atoms with Crippen LogP contribution in [0, 0.1) is 9.49 Å². The Hall–Kier alpha value is -1.31. The number of hydrazone groups is 1. The zero-order chi connectivity index (χ0) is 22.0. The number of carbonyl (C=O) groups excluding carboxylic acids is 1. The molecule has 2 aromatic carbocycles. The zero-order valence-corrected chi connectivity index (χ0v) is 21.1. The average Bonchev–Trinajstić information content (AvgIpc) is 2.89. The van der Waals surface area contributed by atoms with E-state index in [-0.39, 0.29) is 23.9 Å². The normalized spacial score (nSPS) is 22.2. The van der Waals surface area contributed by atoms with Crippen molar-refractivity contribution in [2.75, 3.05) is 5.01 Å². The molecule has 1 saturated carbocycles. The van der Waals surface area contributed by atoms with Crippen molar-refractivity contribution in [3.05, 3.63) is 61.6 Å². The highest BCUT2D eigenvalue weighted by Crippen LogP contribution is 2.42. The fraction of sp³-hybridized carbons (Fsp3) is 0.417. The molecule has 0 unspecified atom stereocenters. The number of anilines is 1. The Morgan fingerprint density at radius 1 is 1.06 bits per heavy atom. The second kappa shape index (κ2) is 10.1. The molecule has 1 aliphatic heterocycles. The Morgan fingerprint density at radius 3 is 2.39 bits per heavy atom. The van der Waals surface area contributed by atoms with Gasteiger partial charge in [-0.05, 0) is 71.3 Å². The summed E-state index contributed by atoms with van der Waals surface area (Å²) in [5.41, 5.74) is 2.40. The number of amides is 1. The Balaban J connectivity index is 1.66. The molecule has 1 amide bonds. The average molecular weight is 570 g/mol. The van der Waals surface area contributed by atoms with Gasteiger partial charge in [-0.15, -0.1) is 0 Å². The first-order valence-electron chi connectivity index (χ1n) is 10.8. The number of nitrogens with one attached hydrogen (secondary N) is 1. The lowest BCUT2D eigenvalue weighted by molar-refractivity contribution is -0.115. The van der Waals surface area contributed by atoms with E-state index in [1.54, 1.807) is 12.1 Å². The molecule has 2 atom stereocenters. The van der Waals surface area contributed by atoms with E-state index in [2.05, 4.69) is 59.1 Å². The standard InChI is InChI=1S/C24H26Cl2IN3O/c1-15-22(24(31)28-19-6-4-2-3-5-7-19)29-30(21-13-10-17(25)14-20(21)26)23(15)16-8-11-18(27)12-9-16/h8-15,19,23H,2-7H2,1H3,(H,28,31)/t15-,23-/m0/s1. The van der Waals surface area contributed by atoms with Gasteiger partial charge in [0.25, 0.3) is 5.91 Å². The number of benzene rings is 2. The van der Waals surface area contributed by atoms with Crippen LogP contribution in [0.5, 0.6) is 0 Å². The van der Waals surface area contributed by atoms with Gasteiger partial charge in [0.05, 0.1) is 16.8 Å². The van der Waals surface area contributed by atoms with Crippen LogP contribution >= 0.6 is 45.8 Å². The second-order valence-corrected chi connectivity index (χ2v) is 10.5. The van der Waals surface area contributed by atoms with Crippen molar-refractivity contribution in [1.29, 1.82) is 0 Å². The van der Waals surface area contributed by atoms with Crippen LogP contribution in [0.15, 0.2) is 47.6 Å². The largest absolute Gasteiger partial charge is 0.348 e. The molecule has 1 fully saturated rings. The van der Waals surface area contributed by atoms with Gasteiger partial charge in [0.2, 0.25) is 0 Å². The summed E-state index contributed by atoms with van der Waals surface area (Å²) in [5.74, 6) is -0.153. The molecule has 0 spiro atoms. The van der Waals surface area contributed by atoms with E-state index < -0.39 is 0 Å². The Bertz CT molecular complexity index is 971. The van der Waals surface area contributed by atoms with Crippen molar-refractivity contribution in [3.63, 3.8) is 0 Å². The van der Waals surface area contributed by atoms with Gasteiger partial charge in [-0.25, -0.2) is 0 Å². The summed E-state index contributed by atoms with van der Waals surface area (Å²) in [4.78, 5) is 13.3. The monoisotopic (exact) mass is 569 g/mol. The van der Waals surface area contributed by atoms with Gasteiger partial charge in [0.15, 0.2) is 0 Å². The van der Waals surface area contributed by atoms with Gasteiger partial charge < -0.3 is 5.32 Å². The van der Waals surface area contributed by atoms with Crippen LogP contribution in [0.25, 0.3) is 0 Å². The summed E-state index contributed by atoms with van der Waals surface area (Å²) < 4.78 is 1.16. The molecule has 2 aromatic rings. The predicted molar refractivity (Wildman–Crippen MR) is 137 cm³/mol. The summed E-state index contributed by atoms with van der Waals surface area (Å²) >= 11 is 15.0. The molecule has 0 saturated heterocycles. The lowest BCUT2D eigenvalue weighted by Gasteiger charge is -2.27. The minimum Gasteiger partial charge on any atom is -0.348 e. The third-order valence-corrected chi connectivity index (χ3v) is 7.43. The van der Waals surface area contributed by atoms with Crippen LogP contribution in [0.4, 0.5) is 5.69 Å². The van der Waals surface area contributed by atoms with Crippen LogP contribution in [0.2, 0.25) is 10.0 Å². The van der Waals surface area contributed by atoms with Crippen molar-refractivity contribution in [2.45, 2.75) is 57.5 Å². The van der Waals surface area contributed by atoms with E-state index in [0.29, 0.717) is 15.8 Å². The van der Waals surface area contributed by atoms with Gasteiger partial charge >= 0.3 is 0 Å². The number of nitrogens with zero attached hydrogens (tertiary/aromatic N) is 2. The van der Waals surface area contributed by atoms with Crippen LogP contribution in [0.1, 0.15) is 57.1 Å². The van der Waals surface area contributed by atoms with Gasteiger partial charge in [0, 0.05) is 20.6 Å². The lowest BCUT2D eigenvalue weighted by atomic mass is 9.90. The van der Waals surface area contributed by atoms with E-state index >= 15 is 0 Å². The smallest absolute Gasteiger partial charge is 0.268 e. The molecule has 2 aliphatic rings. The van der Waals surface area contributed by atoms with Crippen molar-refractivity contribution >= 4 is 63.1 Å². The van der Waals surface area contributed by atoms with Gasteiger partial charge in [0.1, 0.15) is 5.71 Å². The molecule has 7 heteroatoms. The van der Waals surface area contributed by atoms with Gasteiger partial charge in [-0.1, -0.05) is 67.9 Å². The van der Waals surface area contributed by atoms with Crippen molar-refractivity contribution < 1.29 is 4.79 Å². The minimum atomic E-state index is -0.120.